The Hall–Kier alpha value is -2.26. The summed E-state index contributed by atoms with van der Waals surface area (Å²) >= 11 is 0. The normalized spacial score (nSPS) is 16.9. The second-order valence-electron chi connectivity index (χ2n) is 7.81. The van der Waals surface area contributed by atoms with Crippen LogP contribution < -0.4 is 10.1 Å². The summed E-state index contributed by atoms with van der Waals surface area (Å²) in [6, 6.07) is 11.4. The van der Waals surface area contributed by atoms with Gasteiger partial charge in [-0.1, -0.05) is 31.5 Å². The van der Waals surface area contributed by atoms with Crippen molar-refractivity contribution in [2.24, 2.45) is 0 Å². The summed E-state index contributed by atoms with van der Waals surface area (Å²) in [7, 11) is 1.75. The van der Waals surface area contributed by atoms with Gasteiger partial charge in [0.2, 0.25) is 0 Å². The second kappa shape index (κ2) is 6.48. The van der Waals surface area contributed by atoms with Crippen molar-refractivity contribution < 1.29 is 4.74 Å². The molecule has 26 heavy (non-hydrogen) atoms. The van der Waals surface area contributed by atoms with E-state index in [1.807, 2.05) is 0 Å². The zero-order valence-electron chi connectivity index (χ0n) is 16.4. The van der Waals surface area contributed by atoms with Crippen LogP contribution in [-0.4, -0.2) is 18.6 Å². The van der Waals surface area contributed by atoms with Gasteiger partial charge < -0.3 is 15.0 Å². The lowest BCUT2D eigenvalue weighted by Gasteiger charge is -2.26. The van der Waals surface area contributed by atoms with E-state index in [-0.39, 0.29) is 6.04 Å². The summed E-state index contributed by atoms with van der Waals surface area (Å²) in [5.41, 5.74) is 9.30. The van der Waals surface area contributed by atoms with Crippen LogP contribution in [0.5, 0.6) is 5.75 Å². The molecule has 0 radical (unpaired) electrons. The van der Waals surface area contributed by atoms with Crippen LogP contribution in [0.4, 0.5) is 0 Å². The van der Waals surface area contributed by atoms with Crippen molar-refractivity contribution in [1.29, 1.82) is 0 Å². The topological polar surface area (TPSA) is 37.0 Å². The number of aromatic nitrogens is 1. The Kier molecular flexibility index (Phi) is 4.28. The minimum atomic E-state index is 0.203. The van der Waals surface area contributed by atoms with Crippen LogP contribution in [0.25, 0.3) is 10.9 Å². The maximum absolute atomic E-state index is 5.57. The summed E-state index contributed by atoms with van der Waals surface area (Å²) in [5, 5.41) is 5.11. The number of rotatable bonds is 3. The molecule has 0 spiro atoms. The maximum atomic E-state index is 5.57. The highest BCUT2D eigenvalue weighted by Gasteiger charge is 2.26. The number of fused-ring (bicyclic) bond motifs is 3. The van der Waals surface area contributed by atoms with Crippen molar-refractivity contribution >= 4 is 10.9 Å². The summed E-state index contributed by atoms with van der Waals surface area (Å²) in [4.78, 5) is 3.74. The number of hydrogen-bond donors (Lipinski definition) is 2. The molecule has 3 nitrogen and oxygen atoms in total. The Morgan fingerprint density at radius 3 is 2.65 bits per heavy atom. The molecule has 2 N–H and O–H groups in total. The predicted molar refractivity (Wildman–Crippen MR) is 108 cm³/mol. The molecule has 136 valence electrons. The standard InChI is InChI=1S/C23H28N2O/c1-13(2)18-12-16(6-7-20(18)26-5)22-23-17(8-9-24-22)19-11-14(3)10-15(4)21(19)25-23/h6-7,10-13,22,24-25H,8-9H2,1-5H3. The van der Waals surface area contributed by atoms with Gasteiger partial charge in [-0.05, 0) is 66.6 Å². The van der Waals surface area contributed by atoms with E-state index < -0.39 is 0 Å². The zero-order chi connectivity index (χ0) is 18.4. The first kappa shape index (κ1) is 17.2. The van der Waals surface area contributed by atoms with Crippen molar-refractivity contribution in [2.45, 2.75) is 46.1 Å². The van der Waals surface area contributed by atoms with E-state index in [9.17, 15) is 0 Å². The molecular weight excluding hydrogens is 320 g/mol. The largest absolute Gasteiger partial charge is 0.496 e. The lowest BCUT2D eigenvalue weighted by Crippen LogP contribution is -2.30. The van der Waals surface area contributed by atoms with Crippen molar-refractivity contribution in [3.8, 4) is 5.75 Å². The minimum Gasteiger partial charge on any atom is -0.496 e. The third-order valence-corrected chi connectivity index (χ3v) is 5.61. The van der Waals surface area contributed by atoms with Gasteiger partial charge in [0.25, 0.3) is 0 Å². The highest BCUT2D eigenvalue weighted by Crippen LogP contribution is 2.37. The summed E-state index contributed by atoms with van der Waals surface area (Å²) in [6.07, 6.45) is 1.07. The number of nitrogens with one attached hydrogen (secondary N) is 2. The van der Waals surface area contributed by atoms with E-state index in [1.54, 1.807) is 7.11 Å². The van der Waals surface area contributed by atoms with Crippen LogP contribution in [0.15, 0.2) is 30.3 Å². The monoisotopic (exact) mass is 348 g/mol. The molecule has 0 saturated carbocycles. The first-order chi connectivity index (χ1) is 12.5. The number of aryl methyl sites for hydroxylation is 2. The van der Waals surface area contributed by atoms with Crippen LogP contribution in [0.2, 0.25) is 0 Å². The molecule has 3 heteroatoms. The van der Waals surface area contributed by atoms with E-state index in [1.165, 1.54) is 44.4 Å². The molecule has 4 rings (SSSR count). The molecule has 3 aromatic rings. The van der Waals surface area contributed by atoms with E-state index >= 15 is 0 Å². The van der Waals surface area contributed by atoms with Gasteiger partial charge in [-0.25, -0.2) is 0 Å². The SMILES string of the molecule is COc1ccc(C2NCCc3c2[nH]c2c(C)cc(C)cc32)cc1C(C)C. The number of methoxy groups -OCH3 is 1. The number of H-pyrrole nitrogens is 1. The molecule has 1 aromatic heterocycles. The van der Waals surface area contributed by atoms with Crippen LogP contribution in [0.1, 0.15) is 59.3 Å². The molecule has 1 aliphatic heterocycles. The third kappa shape index (κ3) is 2.71. The fraction of sp³-hybridized carbons (Fsp3) is 0.391. The third-order valence-electron chi connectivity index (χ3n) is 5.61. The zero-order valence-corrected chi connectivity index (χ0v) is 16.4. The highest BCUT2D eigenvalue weighted by atomic mass is 16.5. The molecule has 0 fully saturated rings. The quantitative estimate of drug-likeness (QED) is 0.687. The van der Waals surface area contributed by atoms with Gasteiger partial charge in [0.15, 0.2) is 0 Å². The van der Waals surface area contributed by atoms with Gasteiger partial charge in [0, 0.05) is 23.1 Å². The minimum absolute atomic E-state index is 0.203. The molecule has 1 aliphatic rings. The lowest BCUT2D eigenvalue weighted by molar-refractivity contribution is 0.407. The Morgan fingerprint density at radius 1 is 1.12 bits per heavy atom. The number of benzene rings is 2. The van der Waals surface area contributed by atoms with E-state index in [0.717, 1.165) is 18.7 Å². The molecule has 2 aromatic carbocycles. The molecule has 0 saturated heterocycles. The highest BCUT2D eigenvalue weighted by molar-refractivity contribution is 5.88. The number of hydrogen-bond acceptors (Lipinski definition) is 2. The van der Waals surface area contributed by atoms with Crippen molar-refractivity contribution in [1.82, 2.24) is 10.3 Å². The number of aromatic amines is 1. The first-order valence-electron chi connectivity index (χ1n) is 9.52. The van der Waals surface area contributed by atoms with Gasteiger partial charge in [-0.2, -0.15) is 0 Å². The fourth-order valence-electron chi connectivity index (χ4n) is 4.35. The summed E-state index contributed by atoms with van der Waals surface area (Å²) in [5.74, 6) is 1.41. The average molecular weight is 348 g/mol. The van der Waals surface area contributed by atoms with E-state index in [0.29, 0.717) is 5.92 Å². The first-order valence-corrected chi connectivity index (χ1v) is 9.52. The molecule has 1 unspecified atom stereocenters. The Balaban J connectivity index is 1.86. The van der Waals surface area contributed by atoms with Crippen molar-refractivity contribution in [3.05, 3.63) is 63.8 Å². The van der Waals surface area contributed by atoms with Gasteiger partial charge in [0.1, 0.15) is 5.75 Å². The van der Waals surface area contributed by atoms with E-state index in [4.69, 9.17) is 4.74 Å². The maximum Gasteiger partial charge on any atom is 0.122 e. The van der Waals surface area contributed by atoms with Gasteiger partial charge in [-0.15, -0.1) is 0 Å². The lowest BCUT2D eigenvalue weighted by atomic mass is 9.91. The van der Waals surface area contributed by atoms with E-state index in [2.05, 4.69) is 68.3 Å². The molecule has 0 amide bonds. The average Bonchev–Trinajstić information content (AvgIpc) is 3.00. The second-order valence-corrected chi connectivity index (χ2v) is 7.81. The van der Waals surface area contributed by atoms with Crippen LogP contribution in [0.3, 0.4) is 0 Å². The van der Waals surface area contributed by atoms with Crippen molar-refractivity contribution in [3.63, 3.8) is 0 Å². The van der Waals surface area contributed by atoms with Crippen LogP contribution in [-0.2, 0) is 6.42 Å². The Morgan fingerprint density at radius 2 is 1.92 bits per heavy atom. The molecule has 2 heterocycles. The summed E-state index contributed by atoms with van der Waals surface area (Å²) in [6.45, 7) is 9.82. The molecule has 1 atom stereocenters. The molecular formula is C23H28N2O. The Labute approximate surface area is 155 Å². The van der Waals surface area contributed by atoms with Gasteiger partial charge in [0.05, 0.1) is 13.2 Å². The predicted octanol–water partition coefficient (Wildman–Crippen LogP) is 5.15. The smallest absolute Gasteiger partial charge is 0.122 e. The fourth-order valence-corrected chi connectivity index (χ4v) is 4.35. The van der Waals surface area contributed by atoms with Crippen LogP contribution in [0, 0.1) is 13.8 Å². The Bertz CT molecular complexity index is 968. The summed E-state index contributed by atoms with van der Waals surface area (Å²) < 4.78 is 5.57. The molecule has 0 aliphatic carbocycles. The number of ether oxygens (including phenoxy) is 1. The van der Waals surface area contributed by atoms with Crippen LogP contribution >= 0.6 is 0 Å². The van der Waals surface area contributed by atoms with Crippen molar-refractivity contribution in [2.75, 3.05) is 13.7 Å². The molecule has 0 bridgehead atoms. The van der Waals surface area contributed by atoms with Gasteiger partial charge >= 0.3 is 0 Å². The van der Waals surface area contributed by atoms with Gasteiger partial charge in [-0.3, -0.25) is 0 Å².